The summed E-state index contributed by atoms with van der Waals surface area (Å²) in [6, 6.07) is 9.92. The third-order valence-electron chi connectivity index (χ3n) is 3.27. The highest BCUT2D eigenvalue weighted by molar-refractivity contribution is 6.07. The van der Waals surface area contributed by atoms with E-state index in [1.165, 1.54) is 12.1 Å². The van der Waals surface area contributed by atoms with Crippen molar-refractivity contribution in [3.8, 4) is 0 Å². The van der Waals surface area contributed by atoms with Crippen LogP contribution in [0.15, 0.2) is 36.4 Å². The summed E-state index contributed by atoms with van der Waals surface area (Å²) < 4.78 is 13.6. The summed E-state index contributed by atoms with van der Waals surface area (Å²) in [5.41, 5.74) is 6.15. The number of fused-ring (bicyclic) bond motifs is 1. The molecule has 0 heterocycles. The Labute approximate surface area is 104 Å². The van der Waals surface area contributed by atoms with E-state index in [4.69, 9.17) is 5.73 Å². The van der Waals surface area contributed by atoms with Crippen LogP contribution >= 0.6 is 0 Å². The lowest BCUT2D eigenvalue weighted by Gasteiger charge is -2.08. The molecule has 2 unspecified atom stereocenters. The van der Waals surface area contributed by atoms with Gasteiger partial charge in [0.1, 0.15) is 5.82 Å². The minimum absolute atomic E-state index is 0.0562. The standard InChI is InChI=1S/C14H13FN2O/c15-11-6-5-10(8-3-1-2-4-9(8)11)14(18)17-13-7-12(13)16/h1-6,12-13H,7,16H2,(H,17,18). The fraction of sp³-hybridized carbons (Fsp3) is 0.214. The average molecular weight is 244 g/mol. The Morgan fingerprint density at radius 1 is 1.22 bits per heavy atom. The molecule has 1 amide bonds. The first-order valence-electron chi connectivity index (χ1n) is 5.90. The van der Waals surface area contributed by atoms with E-state index < -0.39 is 0 Å². The third kappa shape index (κ3) is 1.84. The Kier molecular flexibility index (Phi) is 2.52. The summed E-state index contributed by atoms with van der Waals surface area (Å²) >= 11 is 0. The number of amides is 1. The molecule has 1 aliphatic carbocycles. The molecule has 0 aliphatic heterocycles. The molecule has 3 N–H and O–H groups in total. The molecular formula is C14H13FN2O. The molecule has 2 atom stereocenters. The molecule has 3 rings (SSSR count). The molecule has 0 radical (unpaired) electrons. The Morgan fingerprint density at radius 2 is 1.89 bits per heavy atom. The fourth-order valence-corrected chi connectivity index (χ4v) is 2.09. The maximum atomic E-state index is 13.6. The van der Waals surface area contributed by atoms with Crippen LogP contribution in [0.5, 0.6) is 0 Å². The van der Waals surface area contributed by atoms with Crippen LogP contribution in [0.3, 0.4) is 0 Å². The quantitative estimate of drug-likeness (QED) is 0.846. The van der Waals surface area contributed by atoms with Crippen molar-refractivity contribution >= 4 is 16.7 Å². The van der Waals surface area contributed by atoms with E-state index in [2.05, 4.69) is 5.32 Å². The molecule has 0 bridgehead atoms. The molecule has 2 aromatic carbocycles. The van der Waals surface area contributed by atoms with Gasteiger partial charge in [-0.05, 0) is 23.9 Å². The fourth-order valence-electron chi connectivity index (χ4n) is 2.09. The molecule has 0 saturated heterocycles. The zero-order chi connectivity index (χ0) is 12.7. The van der Waals surface area contributed by atoms with E-state index in [0.717, 1.165) is 6.42 Å². The van der Waals surface area contributed by atoms with Crippen LogP contribution < -0.4 is 11.1 Å². The van der Waals surface area contributed by atoms with Crippen LogP contribution in [0.1, 0.15) is 16.8 Å². The van der Waals surface area contributed by atoms with Gasteiger partial charge in [-0.3, -0.25) is 4.79 Å². The van der Waals surface area contributed by atoms with Crippen molar-refractivity contribution in [3.05, 3.63) is 47.8 Å². The monoisotopic (exact) mass is 244 g/mol. The number of hydrogen-bond acceptors (Lipinski definition) is 2. The lowest BCUT2D eigenvalue weighted by molar-refractivity contribution is 0.0952. The number of halogens is 1. The second-order valence-corrected chi connectivity index (χ2v) is 4.62. The number of nitrogens with one attached hydrogen (secondary N) is 1. The van der Waals surface area contributed by atoms with Gasteiger partial charge in [-0.15, -0.1) is 0 Å². The van der Waals surface area contributed by atoms with Crippen molar-refractivity contribution in [2.75, 3.05) is 0 Å². The maximum Gasteiger partial charge on any atom is 0.252 e. The van der Waals surface area contributed by atoms with Crippen LogP contribution in [0, 0.1) is 5.82 Å². The Morgan fingerprint density at radius 3 is 2.56 bits per heavy atom. The second-order valence-electron chi connectivity index (χ2n) is 4.62. The summed E-state index contributed by atoms with van der Waals surface area (Å²) in [4.78, 5) is 12.1. The van der Waals surface area contributed by atoms with E-state index in [9.17, 15) is 9.18 Å². The number of carbonyl (C=O) groups is 1. The zero-order valence-corrected chi connectivity index (χ0v) is 9.69. The highest BCUT2D eigenvalue weighted by Gasteiger charge is 2.35. The van der Waals surface area contributed by atoms with Crippen molar-refractivity contribution in [2.45, 2.75) is 18.5 Å². The number of carbonyl (C=O) groups excluding carboxylic acids is 1. The second kappa shape index (κ2) is 4.07. The first-order valence-corrected chi connectivity index (χ1v) is 5.90. The Bertz CT molecular complexity index is 626. The smallest absolute Gasteiger partial charge is 0.252 e. The Hall–Kier alpha value is -1.94. The average Bonchev–Trinajstić information content (AvgIpc) is 3.05. The number of rotatable bonds is 2. The predicted molar refractivity (Wildman–Crippen MR) is 67.8 cm³/mol. The number of nitrogens with two attached hydrogens (primary N) is 1. The van der Waals surface area contributed by atoms with Crippen molar-refractivity contribution in [1.29, 1.82) is 0 Å². The number of benzene rings is 2. The SMILES string of the molecule is NC1CC1NC(=O)c1ccc(F)c2ccccc12. The van der Waals surface area contributed by atoms with E-state index >= 15 is 0 Å². The summed E-state index contributed by atoms with van der Waals surface area (Å²) in [6.07, 6.45) is 0.810. The Balaban J connectivity index is 2.01. The molecule has 1 aliphatic rings. The lowest BCUT2D eigenvalue weighted by Crippen LogP contribution is -2.29. The molecule has 4 heteroatoms. The van der Waals surface area contributed by atoms with Gasteiger partial charge in [-0.25, -0.2) is 4.39 Å². The lowest BCUT2D eigenvalue weighted by atomic mass is 10.0. The minimum Gasteiger partial charge on any atom is -0.348 e. The van der Waals surface area contributed by atoms with Gasteiger partial charge < -0.3 is 11.1 Å². The van der Waals surface area contributed by atoms with E-state index in [1.807, 2.05) is 0 Å². The number of hydrogen-bond donors (Lipinski definition) is 2. The van der Waals surface area contributed by atoms with Crippen LogP contribution in [-0.4, -0.2) is 18.0 Å². The first-order chi connectivity index (χ1) is 8.66. The molecule has 0 aromatic heterocycles. The first kappa shape index (κ1) is 11.2. The van der Waals surface area contributed by atoms with Gasteiger partial charge in [0.25, 0.3) is 5.91 Å². The van der Waals surface area contributed by atoms with Gasteiger partial charge in [-0.2, -0.15) is 0 Å². The van der Waals surface area contributed by atoms with Crippen LogP contribution in [0.2, 0.25) is 0 Å². The van der Waals surface area contributed by atoms with Crippen molar-refractivity contribution in [3.63, 3.8) is 0 Å². The minimum atomic E-state index is -0.315. The summed E-state index contributed by atoms with van der Waals surface area (Å²) in [5, 5.41) is 3.94. The predicted octanol–water partition coefficient (Wildman–Crippen LogP) is 1.81. The van der Waals surface area contributed by atoms with Gasteiger partial charge in [0.05, 0.1) is 0 Å². The van der Waals surface area contributed by atoms with Gasteiger partial charge in [0.15, 0.2) is 0 Å². The highest BCUT2D eigenvalue weighted by Crippen LogP contribution is 2.23. The van der Waals surface area contributed by atoms with Crippen LogP contribution in [-0.2, 0) is 0 Å². The molecule has 1 saturated carbocycles. The topological polar surface area (TPSA) is 55.1 Å². The molecule has 18 heavy (non-hydrogen) atoms. The molecule has 1 fully saturated rings. The van der Waals surface area contributed by atoms with Crippen LogP contribution in [0.4, 0.5) is 4.39 Å². The summed E-state index contributed by atoms with van der Waals surface area (Å²) in [5.74, 6) is -0.505. The van der Waals surface area contributed by atoms with Gasteiger partial charge in [0.2, 0.25) is 0 Å². The zero-order valence-electron chi connectivity index (χ0n) is 9.69. The van der Waals surface area contributed by atoms with Crippen molar-refractivity contribution in [2.24, 2.45) is 5.73 Å². The molecule has 3 nitrogen and oxygen atoms in total. The van der Waals surface area contributed by atoms with Gasteiger partial charge >= 0.3 is 0 Å². The molecule has 2 aromatic rings. The molecular weight excluding hydrogens is 231 g/mol. The van der Waals surface area contributed by atoms with Gasteiger partial charge in [-0.1, -0.05) is 24.3 Å². The largest absolute Gasteiger partial charge is 0.348 e. The van der Waals surface area contributed by atoms with E-state index in [-0.39, 0.29) is 23.8 Å². The third-order valence-corrected chi connectivity index (χ3v) is 3.27. The highest BCUT2D eigenvalue weighted by atomic mass is 19.1. The van der Waals surface area contributed by atoms with E-state index in [0.29, 0.717) is 16.3 Å². The normalized spacial score (nSPS) is 21.9. The summed E-state index contributed by atoms with van der Waals surface area (Å²) in [6.45, 7) is 0. The molecule has 92 valence electrons. The van der Waals surface area contributed by atoms with E-state index in [1.54, 1.807) is 24.3 Å². The van der Waals surface area contributed by atoms with Crippen LogP contribution in [0.25, 0.3) is 10.8 Å². The molecule has 0 spiro atoms. The summed E-state index contributed by atoms with van der Waals surface area (Å²) in [7, 11) is 0. The maximum absolute atomic E-state index is 13.6. The van der Waals surface area contributed by atoms with Gasteiger partial charge in [0, 0.05) is 23.0 Å². The van der Waals surface area contributed by atoms with Crippen molar-refractivity contribution < 1.29 is 9.18 Å². The van der Waals surface area contributed by atoms with Crippen molar-refractivity contribution in [1.82, 2.24) is 5.32 Å².